The lowest BCUT2D eigenvalue weighted by Gasteiger charge is -2.40. The molecule has 1 fully saturated rings. The number of nitrogens with zero attached hydrogens (tertiary/aromatic N) is 2. The highest BCUT2D eigenvalue weighted by atomic mass is 32.2. The van der Waals surface area contributed by atoms with Crippen LogP contribution >= 0.6 is 11.8 Å². The summed E-state index contributed by atoms with van der Waals surface area (Å²) in [6.45, 7) is 2.19. The van der Waals surface area contributed by atoms with Crippen molar-refractivity contribution in [1.82, 2.24) is 10.3 Å². The van der Waals surface area contributed by atoms with Crippen molar-refractivity contribution in [3.05, 3.63) is 67.0 Å². The van der Waals surface area contributed by atoms with E-state index < -0.39 is 0 Å². The summed E-state index contributed by atoms with van der Waals surface area (Å²) in [6, 6.07) is 20.3. The molecule has 3 aromatic rings. The van der Waals surface area contributed by atoms with E-state index in [1.807, 2.05) is 30.2 Å². The van der Waals surface area contributed by atoms with E-state index in [0.29, 0.717) is 6.04 Å². The van der Waals surface area contributed by atoms with Gasteiger partial charge in [0.2, 0.25) is 0 Å². The summed E-state index contributed by atoms with van der Waals surface area (Å²) < 4.78 is 0. The third kappa shape index (κ3) is 2.79. The average Bonchev–Trinajstić information content (AvgIpc) is 2.73. The highest BCUT2D eigenvalue weighted by Gasteiger charge is 2.30. The third-order valence-electron chi connectivity index (χ3n) is 5.23. The molecule has 3 nitrogen and oxygen atoms in total. The van der Waals surface area contributed by atoms with Crippen molar-refractivity contribution in [2.75, 3.05) is 18.0 Å². The number of hydrogen-bond acceptors (Lipinski definition) is 4. The number of hydrogen-bond donors (Lipinski definition) is 1. The van der Waals surface area contributed by atoms with E-state index in [1.165, 1.54) is 45.1 Å². The molecule has 2 aliphatic rings. The zero-order chi connectivity index (χ0) is 17.3. The zero-order valence-electron chi connectivity index (χ0n) is 14.6. The van der Waals surface area contributed by atoms with Gasteiger partial charge in [-0.05, 0) is 61.8 Å². The van der Waals surface area contributed by atoms with E-state index in [-0.39, 0.29) is 0 Å². The Labute approximate surface area is 158 Å². The molecule has 0 saturated carbocycles. The summed E-state index contributed by atoms with van der Waals surface area (Å²) in [5.41, 5.74) is 5.09. The van der Waals surface area contributed by atoms with E-state index >= 15 is 0 Å². The summed E-state index contributed by atoms with van der Waals surface area (Å²) in [5, 5.41) is 3.49. The SMILES string of the molecule is c1cncc(-c2ccc3c(c2)Sc2ccccc2N3C2CCNCC2)c1. The minimum absolute atomic E-state index is 0.557. The molecule has 4 heteroatoms. The van der Waals surface area contributed by atoms with Crippen molar-refractivity contribution in [1.29, 1.82) is 0 Å². The number of nitrogens with one attached hydrogen (secondary N) is 1. The van der Waals surface area contributed by atoms with Gasteiger partial charge in [0.15, 0.2) is 0 Å². The Kier molecular flexibility index (Phi) is 4.15. The maximum atomic E-state index is 4.27. The fourth-order valence-electron chi connectivity index (χ4n) is 3.96. The predicted molar refractivity (Wildman–Crippen MR) is 108 cm³/mol. The second kappa shape index (κ2) is 6.78. The van der Waals surface area contributed by atoms with Crippen LogP contribution < -0.4 is 10.2 Å². The number of fused-ring (bicyclic) bond motifs is 2. The van der Waals surface area contributed by atoms with Crippen molar-refractivity contribution in [2.45, 2.75) is 28.7 Å². The van der Waals surface area contributed by atoms with Crippen molar-refractivity contribution in [2.24, 2.45) is 0 Å². The third-order valence-corrected chi connectivity index (χ3v) is 6.34. The molecule has 1 N–H and O–H groups in total. The van der Waals surface area contributed by atoms with Crippen LogP contribution in [0, 0.1) is 0 Å². The molecule has 0 aliphatic carbocycles. The first kappa shape index (κ1) is 15.9. The van der Waals surface area contributed by atoms with Crippen LogP contribution in [-0.2, 0) is 0 Å². The van der Waals surface area contributed by atoms with Gasteiger partial charge in [0, 0.05) is 33.8 Å². The van der Waals surface area contributed by atoms with Gasteiger partial charge in [0.25, 0.3) is 0 Å². The lowest BCUT2D eigenvalue weighted by atomic mass is 10.0. The van der Waals surface area contributed by atoms with Crippen LogP contribution in [0.4, 0.5) is 11.4 Å². The Hall–Kier alpha value is -2.30. The van der Waals surface area contributed by atoms with Gasteiger partial charge in [-0.2, -0.15) is 0 Å². The maximum absolute atomic E-state index is 4.27. The fraction of sp³-hybridized carbons (Fsp3) is 0.227. The summed E-state index contributed by atoms with van der Waals surface area (Å²) in [7, 11) is 0. The zero-order valence-corrected chi connectivity index (χ0v) is 15.4. The molecule has 0 unspecified atom stereocenters. The number of rotatable bonds is 2. The molecule has 1 aromatic heterocycles. The molecule has 0 atom stereocenters. The average molecular weight is 359 g/mol. The van der Waals surface area contributed by atoms with Crippen molar-refractivity contribution in [3.63, 3.8) is 0 Å². The molecule has 2 aliphatic heterocycles. The molecule has 0 spiro atoms. The van der Waals surface area contributed by atoms with Gasteiger partial charge in [0.05, 0.1) is 11.4 Å². The van der Waals surface area contributed by atoms with Gasteiger partial charge in [0.1, 0.15) is 0 Å². The number of para-hydroxylation sites is 1. The molecular weight excluding hydrogens is 338 g/mol. The van der Waals surface area contributed by atoms with Gasteiger partial charge in [-0.15, -0.1) is 0 Å². The Bertz CT molecular complexity index is 920. The fourth-order valence-corrected chi connectivity index (χ4v) is 5.07. The Morgan fingerprint density at radius 3 is 2.58 bits per heavy atom. The molecule has 3 heterocycles. The van der Waals surface area contributed by atoms with Gasteiger partial charge >= 0.3 is 0 Å². The monoisotopic (exact) mass is 359 g/mol. The van der Waals surface area contributed by atoms with E-state index in [0.717, 1.165) is 13.1 Å². The lowest BCUT2D eigenvalue weighted by Crippen LogP contribution is -2.41. The molecule has 1 saturated heterocycles. The molecule has 2 aromatic carbocycles. The first-order valence-electron chi connectivity index (χ1n) is 9.21. The highest BCUT2D eigenvalue weighted by Crippen LogP contribution is 2.50. The van der Waals surface area contributed by atoms with E-state index in [4.69, 9.17) is 0 Å². The lowest BCUT2D eigenvalue weighted by molar-refractivity contribution is 0.450. The van der Waals surface area contributed by atoms with Crippen molar-refractivity contribution < 1.29 is 0 Å². The van der Waals surface area contributed by atoms with Crippen LogP contribution in [0.15, 0.2) is 76.8 Å². The first-order valence-corrected chi connectivity index (χ1v) is 10.0. The normalized spacial score (nSPS) is 16.8. The van der Waals surface area contributed by atoms with Gasteiger partial charge < -0.3 is 10.2 Å². The van der Waals surface area contributed by atoms with E-state index in [1.54, 1.807) is 0 Å². The molecule has 0 amide bonds. The van der Waals surface area contributed by atoms with Crippen molar-refractivity contribution >= 4 is 23.1 Å². The molecule has 0 radical (unpaired) electrons. The highest BCUT2D eigenvalue weighted by molar-refractivity contribution is 7.99. The number of piperidine rings is 1. The molecule has 0 bridgehead atoms. The second-order valence-corrected chi connectivity index (χ2v) is 7.93. The number of benzene rings is 2. The topological polar surface area (TPSA) is 28.2 Å². The minimum atomic E-state index is 0.557. The maximum Gasteiger partial charge on any atom is 0.0555 e. The van der Waals surface area contributed by atoms with Crippen LogP contribution in [0.3, 0.4) is 0 Å². The molecule has 130 valence electrons. The number of anilines is 2. The second-order valence-electron chi connectivity index (χ2n) is 6.85. The van der Waals surface area contributed by atoms with Crippen LogP contribution in [0.5, 0.6) is 0 Å². The first-order chi connectivity index (χ1) is 12.9. The molecule has 5 rings (SSSR count). The van der Waals surface area contributed by atoms with Crippen LogP contribution in [-0.4, -0.2) is 24.1 Å². The number of pyridine rings is 1. The summed E-state index contributed by atoms with van der Waals surface area (Å²) in [6.07, 6.45) is 6.13. The molecular formula is C22H21N3S. The van der Waals surface area contributed by atoms with Gasteiger partial charge in [-0.3, -0.25) is 4.98 Å². The van der Waals surface area contributed by atoms with Crippen molar-refractivity contribution in [3.8, 4) is 11.1 Å². The minimum Gasteiger partial charge on any atom is -0.336 e. The number of aromatic nitrogens is 1. The smallest absolute Gasteiger partial charge is 0.0555 e. The molecule has 26 heavy (non-hydrogen) atoms. The summed E-state index contributed by atoms with van der Waals surface area (Å²) in [5.74, 6) is 0. The Balaban J connectivity index is 1.61. The van der Waals surface area contributed by atoms with Gasteiger partial charge in [-0.25, -0.2) is 0 Å². The summed E-state index contributed by atoms with van der Waals surface area (Å²) >= 11 is 1.88. The van der Waals surface area contributed by atoms with Crippen LogP contribution in [0.1, 0.15) is 12.8 Å². The largest absolute Gasteiger partial charge is 0.336 e. The Morgan fingerprint density at radius 1 is 0.885 bits per heavy atom. The quantitative estimate of drug-likeness (QED) is 0.689. The van der Waals surface area contributed by atoms with E-state index in [2.05, 4.69) is 63.7 Å². The van der Waals surface area contributed by atoms with Crippen LogP contribution in [0.25, 0.3) is 11.1 Å². The standard InChI is InChI=1S/C22H21N3S/c1-2-6-21-19(5-1)25(18-9-12-23-13-10-18)20-8-7-16(14-22(20)26-21)17-4-3-11-24-15-17/h1-8,11,14-15,18,23H,9-10,12-13H2. The summed E-state index contributed by atoms with van der Waals surface area (Å²) in [4.78, 5) is 9.54. The Morgan fingerprint density at radius 2 is 1.73 bits per heavy atom. The van der Waals surface area contributed by atoms with Crippen LogP contribution in [0.2, 0.25) is 0 Å². The van der Waals surface area contributed by atoms with E-state index in [9.17, 15) is 0 Å². The van der Waals surface area contributed by atoms with Gasteiger partial charge in [-0.1, -0.05) is 36.0 Å². The predicted octanol–water partition coefficient (Wildman–Crippen LogP) is 5.10.